The molecular weight excluding hydrogens is 230 g/mol. The maximum atomic E-state index is 13.3. The van der Waals surface area contributed by atoms with Gasteiger partial charge in [-0.25, -0.2) is 4.39 Å². The predicted octanol–water partition coefficient (Wildman–Crippen LogP) is 2.62. The Morgan fingerprint density at radius 3 is 2.53 bits per heavy atom. The molecule has 94 valence electrons. The van der Waals surface area contributed by atoms with Crippen molar-refractivity contribution in [2.45, 2.75) is 20.4 Å². The molecule has 1 rings (SSSR count). The third-order valence-electron chi connectivity index (χ3n) is 2.18. The number of hydrogen-bond donors (Lipinski definition) is 1. The molecule has 0 aliphatic rings. The third kappa shape index (κ3) is 3.74. The van der Waals surface area contributed by atoms with Gasteiger partial charge in [-0.3, -0.25) is 10.1 Å². The summed E-state index contributed by atoms with van der Waals surface area (Å²) in [5.74, 6) is -1.54. The summed E-state index contributed by atoms with van der Waals surface area (Å²) in [6, 6.07) is 1.47. The normalized spacial score (nSPS) is 10.9. The molecule has 0 saturated carbocycles. The van der Waals surface area contributed by atoms with E-state index >= 15 is 0 Å². The summed E-state index contributed by atoms with van der Waals surface area (Å²) in [5, 5.41) is 13.4. The highest BCUT2D eigenvalue weighted by Crippen LogP contribution is 2.21. The van der Waals surface area contributed by atoms with Crippen LogP contribution in [-0.2, 0) is 6.54 Å². The van der Waals surface area contributed by atoms with Crippen LogP contribution < -0.4 is 5.32 Å². The zero-order valence-corrected chi connectivity index (χ0v) is 9.67. The first-order chi connectivity index (χ1) is 7.91. The number of nitro benzene ring substituents is 1. The van der Waals surface area contributed by atoms with Crippen molar-refractivity contribution in [3.05, 3.63) is 39.4 Å². The molecule has 0 amide bonds. The van der Waals surface area contributed by atoms with Gasteiger partial charge in [0.2, 0.25) is 5.82 Å². The average Bonchev–Trinajstić information content (AvgIpc) is 2.20. The van der Waals surface area contributed by atoms with Crippen molar-refractivity contribution in [1.29, 1.82) is 0 Å². The minimum absolute atomic E-state index is 0.0961. The van der Waals surface area contributed by atoms with Crippen LogP contribution in [0.1, 0.15) is 19.4 Å². The molecule has 0 bridgehead atoms. The molecular formula is C11H14F2N2O2. The highest BCUT2D eigenvalue weighted by atomic mass is 19.1. The summed E-state index contributed by atoms with van der Waals surface area (Å²) < 4.78 is 26.3. The number of nitrogens with one attached hydrogen (secondary N) is 1. The molecule has 1 aromatic carbocycles. The van der Waals surface area contributed by atoms with E-state index < -0.39 is 22.2 Å². The van der Waals surface area contributed by atoms with Crippen LogP contribution >= 0.6 is 0 Å². The Kier molecular flexibility index (Phi) is 4.51. The van der Waals surface area contributed by atoms with Gasteiger partial charge in [-0.2, -0.15) is 4.39 Å². The number of benzene rings is 1. The molecule has 0 unspecified atom stereocenters. The lowest BCUT2D eigenvalue weighted by atomic mass is 10.1. The van der Waals surface area contributed by atoms with Crippen LogP contribution in [-0.4, -0.2) is 11.5 Å². The molecule has 0 fully saturated rings. The third-order valence-corrected chi connectivity index (χ3v) is 2.18. The molecule has 1 N–H and O–H groups in total. The lowest BCUT2D eigenvalue weighted by Crippen LogP contribution is -2.19. The number of hydrogen-bond acceptors (Lipinski definition) is 3. The topological polar surface area (TPSA) is 55.2 Å². The highest BCUT2D eigenvalue weighted by molar-refractivity contribution is 5.37. The van der Waals surface area contributed by atoms with Gasteiger partial charge >= 0.3 is 5.69 Å². The van der Waals surface area contributed by atoms with Crippen molar-refractivity contribution in [3.8, 4) is 0 Å². The van der Waals surface area contributed by atoms with Crippen LogP contribution in [0.3, 0.4) is 0 Å². The molecule has 0 aliphatic carbocycles. The zero-order chi connectivity index (χ0) is 13.0. The minimum atomic E-state index is -1.15. The molecule has 4 nitrogen and oxygen atoms in total. The van der Waals surface area contributed by atoms with Crippen LogP contribution in [0, 0.1) is 27.7 Å². The van der Waals surface area contributed by atoms with Crippen LogP contribution in [0.4, 0.5) is 14.5 Å². The second-order valence-electron chi connectivity index (χ2n) is 4.18. The summed E-state index contributed by atoms with van der Waals surface area (Å²) in [6.45, 7) is 4.77. The van der Waals surface area contributed by atoms with E-state index in [1.807, 2.05) is 13.8 Å². The SMILES string of the molecule is CC(C)CNCc1cc([N+](=O)[O-])c(F)cc1F. The largest absolute Gasteiger partial charge is 0.312 e. The molecule has 0 saturated heterocycles. The van der Waals surface area contributed by atoms with Gasteiger partial charge in [0, 0.05) is 24.2 Å². The van der Waals surface area contributed by atoms with E-state index in [0.717, 1.165) is 6.07 Å². The van der Waals surface area contributed by atoms with E-state index in [9.17, 15) is 18.9 Å². The maximum Gasteiger partial charge on any atom is 0.305 e. The van der Waals surface area contributed by atoms with Crippen molar-refractivity contribution in [2.75, 3.05) is 6.54 Å². The van der Waals surface area contributed by atoms with Crippen LogP contribution in [0.25, 0.3) is 0 Å². The average molecular weight is 244 g/mol. The Bertz CT molecular complexity index is 422. The summed E-state index contributed by atoms with van der Waals surface area (Å²) in [5.41, 5.74) is -0.605. The lowest BCUT2D eigenvalue weighted by Gasteiger charge is -2.08. The van der Waals surface area contributed by atoms with Crippen LogP contribution in [0.15, 0.2) is 12.1 Å². The zero-order valence-electron chi connectivity index (χ0n) is 9.67. The van der Waals surface area contributed by atoms with Crippen molar-refractivity contribution in [3.63, 3.8) is 0 Å². The Hall–Kier alpha value is -1.56. The van der Waals surface area contributed by atoms with Gasteiger partial charge in [0.1, 0.15) is 5.82 Å². The summed E-state index contributed by atoms with van der Waals surface area (Å²) in [4.78, 5) is 9.63. The maximum absolute atomic E-state index is 13.3. The molecule has 0 heterocycles. The smallest absolute Gasteiger partial charge is 0.305 e. The predicted molar refractivity (Wildman–Crippen MR) is 59.6 cm³/mol. The van der Waals surface area contributed by atoms with E-state index in [-0.39, 0.29) is 12.1 Å². The molecule has 0 aliphatic heterocycles. The fourth-order valence-corrected chi connectivity index (χ4v) is 1.35. The van der Waals surface area contributed by atoms with E-state index in [1.165, 1.54) is 0 Å². The van der Waals surface area contributed by atoms with E-state index in [4.69, 9.17) is 0 Å². The van der Waals surface area contributed by atoms with Gasteiger partial charge in [-0.05, 0) is 12.5 Å². The minimum Gasteiger partial charge on any atom is -0.312 e. The second-order valence-corrected chi connectivity index (χ2v) is 4.18. The fraction of sp³-hybridized carbons (Fsp3) is 0.455. The van der Waals surface area contributed by atoms with Crippen molar-refractivity contribution in [1.82, 2.24) is 5.32 Å². The molecule has 1 aromatic rings. The molecule has 0 spiro atoms. The van der Waals surface area contributed by atoms with E-state index in [1.54, 1.807) is 0 Å². The van der Waals surface area contributed by atoms with Crippen molar-refractivity contribution >= 4 is 5.69 Å². The Morgan fingerprint density at radius 2 is 2.00 bits per heavy atom. The van der Waals surface area contributed by atoms with Crippen molar-refractivity contribution < 1.29 is 13.7 Å². The molecule has 0 atom stereocenters. The van der Waals surface area contributed by atoms with Gasteiger partial charge in [0.15, 0.2) is 0 Å². The lowest BCUT2D eigenvalue weighted by molar-refractivity contribution is -0.387. The Labute approximate surface area is 97.8 Å². The highest BCUT2D eigenvalue weighted by Gasteiger charge is 2.18. The first-order valence-corrected chi connectivity index (χ1v) is 5.25. The van der Waals surface area contributed by atoms with Crippen LogP contribution in [0.5, 0.6) is 0 Å². The molecule has 0 radical (unpaired) electrons. The number of rotatable bonds is 5. The number of halogens is 2. The number of nitrogens with zero attached hydrogens (tertiary/aromatic N) is 1. The van der Waals surface area contributed by atoms with Gasteiger partial charge in [0.25, 0.3) is 0 Å². The second kappa shape index (κ2) is 5.67. The van der Waals surface area contributed by atoms with Crippen molar-refractivity contribution in [2.24, 2.45) is 5.92 Å². The monoisotopic (exact) mass is 244 g/mol. The first-order valence-electron chi connectivity index (χ1n) is 5.25. The molecule has 17 heavy (non-hydrogen) atoms. The molecule has 0 aromatic heterocycles. The van der Waals surface area contributed by atoms with Gasteiger partial charge in [0.05, 0.1) is 4.92 Å². The van der Waals surface area contributed by atoms with Gasteiger partial charge in [-0.1, -0.05) is 13.8 Å². The van der Waals surface area contributed by atoms with Crippen LogP contribution in [0.2, 0.25) is 0 Å². The van der Waals surface area contributed by atoms with Gasteiger partial charge in [-0.15, -0.1) is 0 Å². The Morgan fingerprint density at radius 1 is 1.35 bits per heavy atom. The standard InChI is InChI=1S/C11H14F2N2O2/c1-7(2)5-14-6-8-3-11(15(16)17)10(13)4-9(8)12/h3-4,7,14H,5-6H2,1-2H3. The molecule has 6 heteroatoms. The Balaban J connectivity index is 2.84. The summed E-state index contributed by atoms with van der Waals surface area (Å²) in [7, 11) is 0. The fourth-order valence-electron chi connectivity index (χ4n) is 1.35. The van der Waals surface area contributed by atoms with Gasteiger partial charge < -0.3 is 5.32 Å². The number of nitro groups is 1. The summed E-state index contributed by atoms with van der Waals surface area (Å²) >= 11 is 0. The summed E-state index contributed by atoms with van der Waals surface area (Å²) in [6.07, 6.45) is 0. The first kappa shape index (κ1) is 13.5. The quantitative estimate of drug-likeness (QED) is 0.639. The van der Waals surface area contributed by atoms with E-state index in [2.05, 4.69) is 5.32 Å². The van der Waals surface area contributed by atoms with E-state index in [0.29, 0.717) is 18.5 Å².